The molecule has 1 aromatic carbocycles. The Morgan fingerprint density at radius 2 is 2.21 bits per heavy atom. The molecule has 5 nitrogen and oxygen atoms in total. The topological polar surface area (TPSA) is 78.4 Å². The molecule has 1 aliphatic heterocycles. The molecule has 1 atom stereocenters. The Hall–Kier alpha value is -1.59. The molecule has 1 saturated heterocycles. The monoisotopic (exact) mass is 282 g/mol. The van der Waals surface area contributed by atoms with Gasteiger partial charge in [-0.2, -0.15) is 0 Å². The van der Waals surface area contributed by atoms with Crippen LogP contribution in [0.3, 0.4) is 0 Å². The lowest BCUT2D eigenvalue weighted by atomic mass is 10.1. The van der Waals surface area contributed by atoms with Crippen LogP contribution in [-0.4, -0.2) is 29.6 Å². The van der Waals surface area contributed by atoms with Crippen LogP contribution >= 0.6 is 11.6 Å². The van der Waals surface area contributed by atoms with Crippen molar-refractivity contribution in [1.82, 2.24) is 5.32 Å². The number of aromatic carboxylic acids is 1. The average Bonchev–Trinajstić information content (AvgIpc) is 2.80. The molecule has 0 aliphatic carbocycles. The molecule has 1 heterocycles. The van der Waals surface area contributed by atoms with Crippen molar-refractivity contribution in [2.45, 2.75) is 25.3 Å². The molecule has 1 fully saturated rings. The number of benzene rings is 1. The third-order valence-corrected chi connectivity index (χ3v) is 3.24. The average molecular weight is 283 g/mol. The third-order valence-electron chi connectivity index (χ3n) is 3.02. The lowest BCUT2D eigenvalue weighted by Crippen LogP contribution is -2.27. The number of carboxylic acid groups (broad SMARTS) is 1. The minimum atomic E-state index is -1.07. The maximum absolute atomic E-state index is 11.8. The zero-order valence-electron chi connectivity index (χ0n) is 10.3. The Morgan fingerprint density at radius 3 is 2.84 bits per heavy atom. The van der Waals surface area contributed by atoms with E-state index in [2.05, 4.69) is 10.6 Å². The van der Waals surface area contributed by atoms with E-state index in [1.54, 1.807) is 0 Å². The Morgan fingerprint density at radius 1 is 1.42 bits per heavy atom. The fraction of sp³-hybridized carbons (Fsp3) is 0.385. The largest absolute Gasteiger partial charge is 0.478 e. The van der Waals surface area contributed by atoms with Gasteiger partial charge in [-0.1, -0.05) is 11.6 Å². The van der Waals surface area contributed by atoms with Crippen molar-refractivity contribution in [2.24, 2.45) is 0 Å². The summed E-state index contributed by atoms with van der Waals surface area (Å²) in [6.45, 7) is 0.943. The maximum atomic E-state index is 11.8. The number of carboxylic acids is 1. The highest BCUT2D eigenvalue weighted by molar-refractivity contribution is 6.31. The molecule has 102 valence electrons. The van der Waals surface area contributed by atoms with Gasteiger partial charge in [-0.15, -0.1) is 0 Å². The molecular weight excluding hydrogens is 268 g/mol. The van der Waals surface area contributed by atoms with Crippen molar-refractivity contribution in [3.8, 4) is 0 Å². The number of nitrogens with one attached hydrogen (secondary N) is 2. The minimum Gasteiger partial charge on any atom is -0.478 e. The zero-order chi connectivity index (χ0) is 13.8. The predicted molar refractivity (Wildman–Crippen MR) is 72.7 cm³/mol. The first-order chi connectivity index (χ1) is 9.04. The zero-order valence-corrected chi connectivity index (χ0v) is 11.0. The number of carbonyl (C=O) groups is 2. The van der Waals surface area contributed by atoms with Gasteiger partial charge in [0, 0.05) is 23.2 Å². The number of rotatable bonds is 4. The van der Waals surface area contributed by atoms with Crippen LogP contribution in [0, 0.1) is 0 Å². The first-order valence-corrected chi connectivity index (χ1v) is 6.49. The van der Waals surface area contributed by atoms with Gasteiger partial charge in [0.2, 0.25) is 5.91 Å². The van der Waals surface area contributed by atoms with Gasteiger partial charge in [-0.05, 0) is 37.6 Å². The highest BCUT2D eigenvalue weighted by Crippen LogP contribution is 2.20. The van der Waals surface area contributed by atoms with Crippen molar-refractivity contribution in [2.75, 3.05) is 11.9 Å². The second kappa shape index (κ2) is 6.04. The molecule has 0 aromatic heterocycles. The van der Waals surface area contributed by atoms with Crippen molar-refractivity contribution in [3.63, 3.8) is 0 Å². The van der Waals surface area contributed by atoms with Gasteiger partial charge in [0.15, 0.2) is 0 Å². The van der Waals surface area contributed by atoms with E-state index < -0.39 is 5.97 Å². The van der Waals surface area contributed by atoms with Crippen molar-refractivity contribution >= 4 is 29.2 Å². The quantitative estimate of drug-likeness (QED) is 0.790. The van der Waals surface area contributed by atoms with Crippen LogP contribution < -0.4 is 10.6 Å². The maximum Gasteiger partial charge on any atom is 0.335 e. The van der Waals surface area contributed by atoms with Crippen LogP contribution in [0.5, 0.6) is 0 Å². The van der Waals surface area contributed by atoms with E-state index in [4.69, 9.17) is 16.7 Å². The van der Waals surface area contributed by atoms with Crippen LogP contribution in [0.25, 0.3) is 0 Å². The van der Waals surface area contributed by atoms with Gasteiger partial charge in [0.1, 0.15) is 0 Å². The number of hydrogen-bond acceptors (Lipinski definition) is 3. The van der Waals surface area contributed by atoms with Gasteiger partial charge < -0.3 is 15.7 Å². The van der Waals surface area contributed by atoms with Crippen LogP contribution in [0.4, 0.5) is 5.69 Å². The number of carbonyl (C=O) groups excluding carboxylic acids is 1. The van der Waals surface area contributed by atoms with Crippen molar-refractivity contribution < 1.29 is 14.7 Å². The standard InChI is InChI=1S/C13H15ClN2O3/c14-9-4-8(13(18)19)5-11(6-9)16-12(17)7-10-2-1-3-15-10/h4-6,10,15H,1-3,7H2,(H,16,17)(H,18,19). The normalized spacial score (nSPS) is 18.3. The van der Waals surface area contributed by atoms with E-state index >= 15 is 0 Å². The van der Waals surface area contributed by atoms with Gasteiger partial charge in [0.25, 0.3) is 0 Å². The first-order valence-electron chi connectivity index (χ1n) is 6.12. The number of anilines is 1. The minimum absolute atomic E-state index is 0.0572. The molecule has 0 bridgehead atoms. The van der Waals surface area contributed by atoms with Crippen LogP contribution in [0.1, 0.15) is 29.6 Å². The highest BCUT2D eigenvalue weighted by Gasteiger charge is 2.18. The summed E-state index contributed by atoms with van der Waals surface area (Å²) in [6, 6.07) is 4.48. The molecule has 19 heavy (non-hydrogen) atoms. The molecule has 0 saturated carbocycles. The number of halogens is 1. The fourth-order valence-electron chi connectivity index (χ4n) is 2.15. The van der Waals surface area contributed by atoms with Crippen LogP contribution in [-0.2, 0) is 4.79 Å². The lowest BCUT2D eigenvalue weighted by molar-refractivity contribution is -0.116. The smallest absolute Gasteiger partial charge is 0.335 e. The fourth-order valence-corrected chi connectivity index (χ4v) is 2.39. The van der Waals surface area contributed by atoms with Gasteiger partial charge in [-0.3, -0.25) is 4.79 Å². The van der Waals surface area contributed by atoms with Crippen molar-refractivity contribution in [3.05, 3.63) is 28.8 Å². The lowest BCUT2D eigenvalue weighted by Gasteiger charge is -2.11. The molecular formula is C13H15ClN2O3. The van der Waals surface area contributed by atoms with Crippen LogP contribution in [0.15, 0.2) is 18.2 Å². The Kier molecular flexibility index (Phi) is 4.39. The summed E-state index contributed by atoms with van der Waals surface area (Å²) in [6.07, 6.45) is 2.45. The molecule has 1 aromatic rings. The molecule has 6 heteroatoms. The summed E-state index contributed by atoms with van der Waals surface area (Å²) in [5.41, 5.74) is 0.467. The highest BCUT2D eigenvalue weighted by atomic mass is 35.5. The molecule has 1 unspecified atom stereocenters. The van der Waals surface area contributed by atoms with E-state index in [0.29, 0.717) is 12.1 Å². The summed E-state index contributed by atoms with van der Waals surface area (Å²) in [7, 11) is 0. The molecule has 3 N–H and O–H groups in total. The second-order valence-corrected chi connectivity index (χ2v) is 5.02. The van der Waals surface area contributed by atoms with E-state index in [0.717, 1.165) is 19.4 Å². The summed E-state index contributed by atoms with van der Waals surface area (Å²) >= 11 is 5.82. The third kappa shape index (κ3) is 3.94. The summed E-state index contributed by atoms with van der Waals surface area (Å²) in [5.74, 6) is -1.21. The summed E-state index contributed by atoms with van der Waals surface area (Å²) in [5, 5.41) is 15.1. The van der Waals surface area contributed by atoms with E-state index in [-0.39, 0.29) is 22.5 Å². The molecule has 0 radical (unpaired) electrons. The van der Waals surface area contributed by atoms with Gasteiger partial charge in [0.05, 0.1) is 5.56 Å². The second-order valence-electron chi connectivity index (χ2n) is 4.58. The SMILES string of the molecule is O=C(CC1CCCN1)Nc1cc(Cl)cc(C(=O)O)c1. The van der Waals surface area contributed by atoms with Gasteiger partial charge in [-0.25, -0.2) is 4.79 Å². The molecule has 2 rings (SSSR count). The van der Waals surface area contributed by atoms with Crippen LogP contribution in [0.2, 0.25) is 5.02 Å². The molecule has 1 aliphatic rings. The Balaban J connectivity index is 2.01. The molecule has 1 amide bonds. The number of hydrogen-bond donors (Lipinski definition) is 3. The number of amides is 1. The Bertz CT molecular complexity index is 499. The summed E-state index contributed by atoms with van der Waals surface area (Å²) in [4.78, 5) is 22.7. The predicted octanol–water partition coefficient (Wildman–Crippen LogP) is 2.12. The van der Waals surface area contributed by atoms with Gasteiger partial charge >= 0.3 is 5.97 Å². The first kappa shape index (κ1) is 13.8. The molecule has 0 spiro atoms. The van der Waals surface area contributed by atoms with E-state index in [1.165, 1.54) is 18.2 Å². The van der Waals surface area contributed by atoms with E-state index in [1.807, 2.05) is 0 Å². The Labute approximate surface area is 116 Å². The summed E-state index contributed by atoms with van der Waals surface area (Å²) < 4.78 is 0. The van der Waals surface area contributed by atoms with E-state index in [9.17, 15) is 9.59 Å². The van der Waals surface area contributed by atoms with Crippen molar-refractivity contribution in [1.29, 1.82) is 0 Å².